The molecule has 0 amide bonds. The van der Waals surface area contributed by atoms with Gasteiger partial charge in [0.1, 0.15) is 12.4 Å². The number of rotatable bonds is 5. The van der Waals surface area contributed by atoms with Gasteiger partial charge in [-0.2, -0.15) is 0 Å². The lowest BCUT2D eigenvalue weighted by molar-refractivity contribution is 0.198. The lowest BCUT2D eigenvalue weighted by Crippen LogP contribution is -1.98. The zero-order chi connectivity index (χ0) is 14.5. The molecule has 0 bridgehead atoms. The first-order valence-corrected chi connectivity index (χ1v) is 7.06. The van der Waals surface area contributed by atoms with Crippen molar-refractivity contribution in [2.45, 2.75) is 39.4 Å². The molecule has 0 aliphatic carbocycles. The quantitative estimate of drug-likeness (QED) is 0.870. The molecule has 0 aliphatic heterocycles. The van der Waals surface area contributed by atoms with Gasteiger partial charge in [-0.15, -0.1) is 0 Å². The van der Waals surface area contributed by atoms with E-state index in [1.54, 1.807) is 6.92 Å². The van der Waals surface area contributed by atoms with E-state index in [4.69, 9.17) is 4.74 Å². The monoisotopic (exact) mass is 270 g/mol. The Morgan fingerprint density at radius 2 is 1.65 bits per heavy atom. The summed E-state index contributed by atoms with van der Waals surface area (Å²) in [6.45, 7) is 6.67. The SMILES string of the molecule is CC(C)c1ccc(COc2cccc(C(C)O)c2)cc1. The molecule has 2 aromatic rings. The van der Waals surface area contributed by atoms with Gasteiger partial charge in [0, 0.05) is 0 Å². The first-order chi connectivity index (χ1) is 9.56. The third kappa shape index (κ3) is 3.84. The molecule has 1 N–H and O–H groups in total. The molecule has 1 atom stereocenters. The molecular formula is C18H22O2. The molecule has 2 aromatic carbocycles. The summed E-state index contributed by atoms with van der Waals surface area (Å²) >= 11 is 0. The van der Waals surface area contributed by atoms with Gasteiger partial charge in [0.2, 0.25) is 0 Å². The van der Waals surface area contributed by atoms with Crippen molar-refractivity contribution >= 4 is 0 Å². The van der Waals surface area contributed by atoms with Crippen molar-refractivity contribution in [1.29, 1.82) is 0 Å². The molecule has 0 saturated carbocycles. The third-order valence-corrected chi connectivity index (χ3v) is 3.39. The van der Waals surface area contributed by atoms with Crippen molar-refractivity contribution in [2.24, 2.45) is 0 Å². The number of aliphatic hydroxyl groups is 1. The van der Waals surface area contributed by atoms with Gasteiger partial charge < -0.3 is 9.84 Å². The molecule has 0 spiro atoms. The Labute approximate surface area is 121 Å². The highest BCUT2D eigenvalue weighted by Gasteiger charge is 2.03. The van der Waals surface area contributed by atoms with Gasteiger partial charge in [-0.1, -0.05) is 50.2 Å². The molecule has 2 nitrogen and oxygen atoms in total. The van der Waals surface area contributed by atoms with Gasteiger partial charge in [0.25, 0.3) is 0 Å². The highest BCUT2D eigenvalue weighted by atomic mass is 16.5. The molecular weight excluding hydrogens is 248 g/mol. The molecule has 0 fully saturated rings. The van der Waals surface area contributed by atoms with Crippen molar-refractivity contribution in [3.8, 4) is 5.75 Å². The topological polar surface area (TPSA) is 29.5 Å². The molecule has 20 heavy (non-hydrogen) atoms. The highest BCUT2D eigenvalue weighted by Crippen LogP contribution is 2.20. The summed E-state index contributed by atoms with van der Waals surface area (Å²) in [5.41, 5.74) is 3.36. The summed E-state index contributed by atoms with van der Waals surface area (Å²) in [4.78, 5) is 0. The Hall–Kier alpha value is -1.80. The van der Waals surface area contributed by atoms with Crippen LogP contribution in [0.15, 0.2) is 48.5 Å². The Bertz CT molecular complexity index is 542. The number of aliphatic hydroxyl groups excluding tert-OH is 1. The van der Waals surface area contributed by atoms with Crippen molar-refractivity contribution in [3.63, 3.8) is 0 Å². The van der Waals surface area contributed by atoms with Crippen LogP contribution in [-0.4, -0.2) is 5.11 Å². The van der Waals surface area contributed by atoms with Gasteiger partial charge in [-0.25, -0.2) is 0 Å². The Balaban J connectivity index is 1.99. The van der Waals surface area contributed by atoms with E-state index in [2.05, 4.69) is 38.1 Å². The van der Waals surface area contributed by atoms with Crippen LogP contribution in [0.3, 0.4) is 0 Å². The lowest BCUT2D eigenvalue weighted by atomic mass is 10.0. The van der Waals surface area contributed by atoms with Gasteiger partial charge in [0.05, 0.1) is 6.10 Å². The molecule has 0 saturated heterocycles. The van der Waals surface area contributed by atoms with Crippen LogP contribution in [0.1, 0.15) is 49.5 Å². The van der Waals surface area contributed by atoms with E-state index in [1.165, 1.54) is 5.56 Å². The van der Waals surface area contributed by atoms with Crippen molar-refractivity contribution in [1.82, 2.24) is 0 Å². The average molecular weight is 270 g/mol. The van der Waals surface area contributed by atoms with Crippen LogP contribution in [0.4, 0.5) is 0 Å². The zero-order valence-electron chi connectivity index (χ0n) is 12.3. The van der Waals surface area contributed by atoms with Gasteiger partial charge >= 0.3 is 0 Å². The Kier molecular flexibility index (Phi) is 4.80. The van der Waals surface area contributed by atoms with E-state index in [0.29, 0.717) is 12.5 Å². The van der Waals surface area contributed by atoms with Crippen LogP contribution in [0.5, 0.6) is 5.75 Å². The van der Waals surface area contributed by atoms with Crippen LogP contribution in [0.2, 0.25) is 0 Å². The normalized spacial score (nSPS) is 12.4. The first-order valence-electron chi connectivity index (χ1n) is 7.06. The van der Waals surface area contributed by atoms with Gasteiger partial charge in [0.15, 0.2) is 0 Å². The number of benzene rings is 2. The Morgan fingerprint density at radius 1 is 0.950 bits per heavy atom. The number of hydrogen-bond donors (Lipinski definition) is 1. The Morgan fingerprint density at radius 3 is 2.25 bits per heavy atom. The predicted molar refractivity (Wildman–Crippen MR) is 81.9 cm³/mol. The minimum Gasteiger partial charge on any atom is -0.489 e. The van der Waals surface area contributed by atoms with Gasteiger partial charge in [-0.3, -0.25) is 0 Å². The summed E-state index contributed by atoms with van der Waals surface area (Å²) < 4.78 is 5.77. The molecule has 2 heteroatoms. The van der Waals surface area contributed by atoms with E-state index in [1.807, 2.05) is 24.3 Å². The fourth-order valence-corrected chi connectivity index (χ4v) is 2.03. The summed E-state index contributed by atoms with van der Waals surface area (Å²) in [7, 11) is 0. The average Bonchev–Trinajstić information content (AvgIpc) is 2.46. The van der Waals surface area contributed by atoms with E-state index >= 15 is 0 Å². The van der Waals surface area contributed by atoms with E-state index in [9.17, 15) is 5.11 Å². The molecule has 1 unspecified atom stereocenters. The van der Waals surface area contributed by atoms with E-state index < -0.39 is 6.10 Å². The van der Waals surface area contributed by atoms with E-state index in [-0.39, 0.29) is 0 Å². The molecule has 0 radical (unpaired) electrons. The maximum atomic E-state index is 9.56. The number of ether oxygens (including phenoxy) is 1. The van der Waals surface area contributed by atoms with Crippen LogP contribution in [0, 0.1) is 0 Å². The summed E-state index contributed by atoms with van der Waals surface area (Å²) in [6.07, 6.45) is -0.469. The lowest BCUT2D eigenvalue weighted by Gasteiger charge is -2.10. The van der Waals surface area contributed by atoms with Crippen molar-refractivity contribution in [2.75, 3.05) is 0 Å². The molecule has 106 valence electrons. The smallest absolute Gasteiger partial charge is 0.120 e. The fourth-order valence-electron chi connectivity index (χ4n) is 2.03. The second-order valence-corrected chi connectivity index (χ2v) is 5.43. The van der Waals surface area contributed by atoms with E-state index in [0.717, 1.165) is 16.9 Å². The van der Waals surface area contributed by atoms with Crippen LogP contribution < -0.4 is 4.74 Å². The molecule has 0 aliphatic rings. The molecule has 0 heterocycles. The van der Waals surface area contributed by atoms with Crippen molar-refractivity contribution < 1.29 is 9.84 Å². The predicted octanol–water partition coefficient (Wildman–Crippen LogP) is 4.44. The zero-order valence-corrected chi connectivity index (χ0v) is 12.3. The summed E-state index contributed by atoms with van der Waals surface area (Å²) in [6, 6.07) is 16.1. The van der Waals surface area contributed by atoms with Crippen LogP contribution >= 0.6 is 0 Å². The van der Waals surface area contributed by atoms with Crippen LogP contribution in [0.25, 0.3) is 0 Å². The summed E-state index contributed by atoms with van der Waals surface area (Å²) in [5, 5.41) is 9.56. The highest BCUT2D eigenvalue weighted by molar-refractivity contribution is 5.30. The first kappa shape index (κ1) is 14.6. The minimum absolute atomic E-state index is 0.469. The molecule has 0 aromatic heterocycles. The van der Waals surface area contributed by atoms with Crippen molar-refractivity contribution in [3.05, 3.63) is 65.2 Å². The third-order valence-electron chi connectivity index (χ3n) is 3.39. The molecule has 2 rings (SSSR count). The van der Waals surface area contributed by atoms with Gasteiger partial charge in [-0.05, 0) is 41.7 Å². The largest absolute Gasteiger partial charge is 0.489 e. The maximum absolute atomic E-state index is 9.56. The fraction of sp³-hybridized carbons (Fsp3) is 0.333. The maximum Gasteiger partial charge on any atom is 0.120 e. The second kappa shape index (κ2) is 6.58. The van der Waals surface area contributed by atoms with Crippen LogP contribution in [-0.2, 0) is 6.61 Å². The second-order valence-electron chi connectivity index (χ2n) is 5.43. The number of hydrogen-bond acceptors (Lipinski definition) is 2. The standard InChI is InChI=1S/C18H22O2/c1-13(2)16-9-7-15(8-10-16)12-20-18-6-4-5-17(11-18)14(3)19/h4-11,13-14,19H,12H2,1-3H3. The summed E-state index contributed by atoms with van der Waals surface area (Å²) in [5.74, 6) is 1.34. The minimum atomic E-state index is -0.469.